The molecule has 164 valence electrons. The van der Waals surface area contributed by atoms with Crippen molar-refractivity contribution in [2.45, 2.75) is 13.3 Å². The molecule has 2 aromatic heterocycles. The van der Waals surface area contributed by atoms with E-state index in [9.17, 15) is 14.0 Å². The second-order valence-corrected chi connectivity index (χ2v) is 8.76. The lowest BCUT2D eigenvalue weighted by Gasteiger charge is -2.23. The van der Waals surface area contributed by atoms with Crippen LogP contribution in [0.3, 0.4) is 0 Å². The summed E-state index contributed by atoms with van der Waals surface area (Å²) in [7, 11) is 0. The van der Waals surface area contributed by atoms with Gasteiger partial charge in [0, 0.05) is 28.7 Å². The van der Waals surface area contributed by atoms with Gasteiger partial charge >= 0.3 is 0 Å². The number of fused-ring (bicyclic) bond motifs is 3. The van der Waals surface area contributed by atoms with Crippen LogP contribution >= 0.6 is 11.3 Å². The second-order valence-electron chi connectivity index (χ2n) is 7.84. The number of thiophene rings is 1. The zero-order valence-electron chi connectivity index (χ0n) is 17.8. The number of anilines is 2. The minimum Gasteiger partial charge on any atom is -0.307 e. The van der Waals surface area contributed by atoms with E-state index < -0.39 is 11.7 Å². The molecule has 2 amide bonds. The predicted octanol–water partition coefficient (Wildman–Crippen LogP) is 5.71. The molecule has 0 unspecified atom stereocenters. The van der Waals surface area contributed by atoms with Gasteiger partial charge in [0.1, 0.15) is 11.6 Å². The number of hydrogen-bond acceptors (Lipinski definition) is 4. The number of carbonyl (C=O) groups is 2. The van der Waals surface area contributed by atoms with Crippen molar-refractivity contribution < 1.29 is 14.0 Å². The van der Waals surface area contributed by atoms with Crippen molar-refractivity contribution in [3.05, 3.63) is 100 Å². The molecule has 33 heavy (non-hydrogen) atoms. The average Bonchev–Trinajstić information content (AvgIpc) is 3.24. The summed E-state index contributed by atoms with van der Waals surface area (Å²) in [6.07, 6.45) is 2.23. The first kappa shape index (κ1) is 21.0. The Morgan fingerprint density at radius 1 is 1.09 bits per heavy atom. The molecule has 0 bridgehead atoms. The molecule has 3 heterocycles. The molecule has 0 spiro atoms. The maximum atomic E-state index is 13.5. The second kappa shape index (κ2) is 8.60. The fraction of sp³-hybridized carbons (Fsp3) is 0.115. The monoisotopic (exact) mass is 457 g/mol. The number of benzene rings is 2. The highest BCUT2D eigenvalue weighted by Crippen LogP contribution is 2.40. The molecule has 0 fully saturated rings. The van der Waals surface area contributed by atoms with Crippen LogP contribution in [0.15, 0.2) is 72.2 Å². The molecule has 0 radical (unpaired) electrons. The largest absolute Gasteiger partial charge is 0.307 e. The Morgan fingerprint density at radius 3 is 2.76 bits per heavy atom. The summed E-state index contributed by atoms with van der Waals surface area (Å²) in [6.45, 7) is 2.30. The van der Waals surface area contributed by atoms with E-state index in [4.69, 9.17) is 0 Å². The number of carbonyl (C=O) groups excluding carboxylic acids is 2. The van der Waals surface area contributed by atoms with Gasteiger partial charge in [-0.2, -0.15) is 0 Å². The van der Waals surface area contributed by atoms with E-state index in [1.165, 1.54) is 28.8 Å². The Balaban J connectivity index is 1.37. The van der Waals surface area contributed by atoms with E-state index in [0.29, 0.717) is 23.5 Å². The number of aromatic nitrogens is 1. The third-order valence-corrected chi connectivity index (χ3v) is 6.72. The standard InChI is InChI=1S/C26H20FN3O2S/c1-16-6-8-19(27)14-21(16)25(31)29-23-9-7-18(15-28-23)26(32)30-12-10-17-11-13-33-24(17)20-4-2-3-5-22(20)30/h2-9,11,13-15H,10,12H2,1H3,(H,28,29,31). The number of halogens is 1. The first-order chi connectivity index (χ1) is 16.0. The summed E-state index contributed by atoms with van der Waals surface area (Å²) in [4.78, 5) is 33.1. The number of pyridine rings is 1. The molecule has 1 N–H and O–H groups in total. The molecule has 7 heteroatoms. The van der Waals surface area contributed by atoms with Crippen LogP contribution in [-0.2, 0) is 6.42 Å². The van der Waals surface area contributed by atoms with E-state index in [1.807, 2.05) is 24.3 Å². The SMILES string of the molecule is Cc1ccc(F)cc1C(=O)Nc1ccc(C(=O)N2CCc3ccsc3-c3ccccc32)cn1. The Bertz CT molecular complexity index is 1360. The van der Waals surface area contributed by atoms with Gasteiger partial charge in [-0.3, -0.25) is 9.59 Å². The van der Waals surface area contributed by atoms with Crippen LogP contribution in [0.25, 0.3) is 10.4 Å². The van der Waals surface area contributed by atoms with Crippen molar-refractivity contribution >= 4 is 34.7 Å². The summed E-state index contributed by atoms with van der Waals surface area (Å²) in [5, 5.41) is 4.75. The van der Waals surface area contributed by atoms with Crippen molar-refractivity contribution in [3.8, 4) is 10.4 Å². The first-order valence-electron chi connectivity index (χ1n) is 10.5. The van der Waals surface area contributed by atoms with Crippen molar-refractivity contribution in [2.75, 3.05) is 16.8 Å². The normalized spacial score (nSPS) is 12.5. The van der Waals surface area contributed by atoms with Gasteiger partial charge in [0.25, 0.3) is 11.8 Å². The molecule has 4 aromatic rings. The molecule has 0 aliphatic carbocycles. The van der Waals surface area contributed by atoms with E-state index in [2.05, 4.69) is 21.7 Å². The van der Waals surface area contributed by atoms with Gasteiger partial charge in [0.2, 0.25) is 0 Å². The Kier molecular flexibility index (Phi) is 5.48. The van der Waals surface area contributed by atoms with Gasteiger partial charge in [-0.1, -0.05) is 24.3 Å². The summed E-state index contributed by atoms with van der Waals surface area (Å²) in [6, 6.07) is 17.3. The zero-order chi connectivity index (χ0) is 22.9. The Morgan fingerprint density at radius 2 is 1.94 bits per heavy atom. The van der Waals surface area contributed by atoms with Crippen LogP contribution in [0.5, 0.6) is 0 Å². The van der Waals surface area contributed by atoms with Crippen LogP contribution in [0.1, 0.15) is 31.8 Å². The number of nitrogens with one attached hydrogen (secondary N) is 1. The molecule has 0 saturated carbocycles. The van der Waals surface area contributed by atoms with Crippen molar-refractivity contribution in [2.24, 2.45) is 0 Å². The van der Waals surface area contributed by atoms with E-state index >= 15 is 0 Å². The number of amides is 2. The number of aryl methyl sites for hydroxylation is 1. The van der Waals surface area contributed by atoms with E-state index in [0.717, 1.165) is 17.7 Å². The molecule has 2 aromatic carbocycles. The van der Waals surface area contributed by atoms with Gasteiger partial charge in [0.15, 0.2) is 0 Å². The van der Waals surface area contributed by atoms with Crippen molar-refractivity contribution in [1.29, 1.82) is 0 Å². The molecule has 5 rings (SSSR count). The molecular formula is C26H20FN3O2S. The lowest BCUT2D eigenvalue weighted by atomic mass is 10.1. The third-order valence-electron chi connectivity index (χ3n) is 5.73. The van der Waals surface area contributed by atoms with Gasteiger partial charge in [-0.05, 0) is 66.2 Å². The maximum Gasteiger partial charge on any atom is 0.259 e. The zero-order valence-corrected chi connectivity index (χ0v) is 18.7. The smallest absolute Gasteiger partial charge is 0.259 e. The Hall–Kier alpha value is -3.84. The first-order valence-corrected chi connectivity index (χ1v) is 11.4. The van der Waals surface area contributed by atoms with Crippen LogP contribution < -0.4 is 10.2 Å². The fourth-order valence-corrected chi connectivity index (χ4v) is 5.00. The minimum atomic E-state index is -0.480. The summed E-state index contributed by atoms with van der Waals surface area (Å²) in [5.74, 6) is -0.791. The fourth-order valence-electron chi connectivity index (χ4n) is 4.01. The third kappa shape index (κ3) is 4.03. The lowest BCUT2D eigenvalue weighted by Crippen LogP contribution is -2.32. The van der Waals surface area contributed by atoms with Crippen LogP contribution in [0.4, 0.5) is 15.9 Å². The molecule has 1 aliphatic heterocycles. The summed E-state index contributed by atoms with van der Waals surface area (Å²) in [5.41, 5.74) is 4.50. The molecule has 1 aliphatic rings. The van der Waals surface area contributed by atoms with Crippen LogP contribution in [0, 0.1) is 12.7 Å². The summed E-state index contributed by atoms with van der Waals surface area (Å²) >= 11 is 1.68. The topological polar surface area (TPSA) is 62.3 Å². The predicted molar refractivity (Wildman–Crippen MR) is 128 cm³/mol. The van der Waals surface area contributed by atoms with Crippen LogP contribution in [-0.4, -0.2) is 23.3 Å². The van der Waals surface area contributed by atoms with Gasteiger partial charge in [0.05, 0.1) is 11.3 Å². The average molecular weight is 458 g/mol. The van der Waals surface area contributed by atoms with Gasteiger partial charge < -0.3 is 10.2 Å². The van der Waals surface area contributed by atoms with Gasteiger partial charge in [-0.15, -0.1) is 11.3 Å². The molecule has 0 saturated heterocycles. The highest BCUT2D eigenvalue weighted by atomic mass is 32.1. The maximum absolute atomic E-state index is 13.5. The molecule has 0 atom stereocenters. The highest BCUT2D eigenvalue weighted by Gasteiger charge is 2.25. The van der Waals surface area contributed by atoms with Crippen LogP contribution in [0.2, 0.25) is 0 Å². The number of rotatable bonds is 3. The highest BCUT2D eigenvalue weighted by molar-refractivity contribution is 7.13. The minimum absolute atomic E-state index is 0.149. The quantitative estimate of drug-likeness (QED) is 0.428. The lowest BCUT2D eigenvalue weighted by molar-refractivity contribution is 0.0986. The van der Waals surface area contributed by atoms with E-state index in [-0.39, 0.29) is 11.5 Å². The number of nitrogens with zero attached hydrogens (tertiary/aromatic N) is 2. The molecular weight excluding hydrogens is 437 g/mol. The van der Waals surface area contributed by atoms with E-state index in [1.54, 1.807) is 41.4 Å². The summed E-state index contributed by atoms with van der Waals surface area (Å²) < 4.78 is 13.5. The van der Waals surface area contributed by atoms with Gasteiger partial charge in [-0.25, -0.2) is 9.37 Å². The molecule has 5 nitrogen and oxygen atoms in total. The van der Waals surface area contributed by atoms with Crippen molar-refractivity contribution in [1.82, 2.24) is 4.98 Å². The van der Waals surface area contributed by atoms with Crippen molar-refractivity contribution in [3.63, 3.8) is 0 Å². The Labute approximate surface area is 194 Å². The number of hydrogen-bond donors (Lipinski definition) is 1. The number of para-hydroxylation sites is 1.